The molecule has 0 aliphatic carbocycles. The van der Waals surface area contributed by atoms with Crippen LogP contribution in [-0.4, -0.2) is 35.1 Å². The Kier molecular flexibility index (Phi) is 4.78. The van der Waals surface area contributed by atoms with Crippen LogP contribution < -0.4 is 15.5 Å². The third-order valence-electron chi connectivity index (χ3n) is 4.15. The highest BCUT2D eigenvalue weighted by Gasteiger charge is 2.24. The third-order valence-corrected chi connectivity index (χ3v) is 4.15. The number of amides is 2. The van der Waals surface area contributed by atoms with Crippen LogP contribution in [0.1, 0.15) is 12.0 Å². The molecule has 1 saturated heterocycles. The summed E-state index contributed by atoms with van der Waals surface area (Å²) in [6, 6.07) is 9.97. The number of nitrogens with one attached hydrogen (secondary N) is 2. The average Bonchev–Trinajstić information content (AvgIpc) is 3.03. The molecule has 2 amide bonds. The van der Waals surface area contributed by atoms with Gasteiger partial charge in [-0.05, 0) is 37.6 Å². The normalized spacial score (nSPS) is 16.5. The van der Waals surface area contributed by atoms with E-state index in [-0.39, 0.29) is 17.8 Å². The molecule has 3 rings (SSSR count). The number of nitro benzene ring substituents is 1. The largest absolute Gasteiger partial charge is 0.354 e. The fourth-order valence-corrected chi connectivity index (χ4v) is 2.92. The van der Waals surface area contributed by atoms with Gasteiger partial charge < -0.3 is 15.5 Å². The molecule has 0 spiro atoms. The van der Waals surface area contributed by atoms with Gasteiger partial charge in [-0.3, -0.25) is 10.1 Å². The second-order valence-electron chi connectivity index (χ2n) is 5.98. The number of hydrogen-bond donors (Lipinski definition) is 2. The lowest BCUT2D eigenvalue weighted by Gasteiger charge is -2.18. The summed E-state index contributed by atoms with van der Waals surface area (Å²) in [5.41, 5.74) is 1.07. The van der Waals surface area contributed by atoms with Crippen molar-refractivity contribution in [3.63, 3.8) is 0 Å². The van der Waals surface area contributed by atoms with Crippen LogP contribution in [0.5, 0.6) is 0 Å². The quantitative estimate of drug-likeness (QED) is 0.658. The number of aromatic nitrogens is 1. The molecule has 1 aliphatic rings. The highest BCUT2D eigenvalue weighted by atomic mass is 16.6. The molecule has 0 saturated carbocycles. The van der Waals surface area contributed by atoms with Gasteiger partial charge in [0.05, 0.1) is 4.92 Å². The molecule has 2 N–H and O–H groups in total. The van der Waals surface area contributed by atoms with Gasteiger partial charge in [0.25, 0.3) is 5.69 Å². The number of urea groups is 1. The zero-order chi connectivity index (χ0) is 17.8. The molecule has 2 aromatic rings. The fourth-order valence-electron chi connectivity index (χ4n) is 2.92. The second kappa shape index (κ2) is 7.16. The molecule has 1 fully saturated rings. The average molecular weight is 341 g/mol. The molecule has 8 heteroatoms. The van der Waals surface area contributed by atoms with E-state index in [1.807, 2.05) is 18.2 Å². The zero-order valence-corrected chi connectivity index (χ0v) is 13.8. The van der Waals surface area contributed by atoms with Crippen molar-refractivity contribution in [2.75, 3.05) is 23.3 Å². The number of benzene rings is 1. The van der Waals surface area contributed by atoms with Gasteiger partial charge in [-0.15, -0.1) is 0 Å². The maximum atomic E-state index is 12.2. The first-order valence-electron chi connectivity index (χ1n) is 8.01. The van der Waals surface area contributed by atoms with Crippen LogP contribution in [0.2, 0.25) is 0 Å². The molecule has 0 bridgehead atoms. The zero-order valence-electron chi connectivity index (χ0n) is 13.8. The summed E-state index contributed by atoms with van der Waals surface area (Å²) >= 11 is 0. The van der Waals surface area contributed by atoms with Gasteiger partial charge >= 0.3 is 6.03 Å². The van der Waals surface area contributed by atoms with Crippen LogP contribution in [0.25, 0.3) is 0 Å². The van der Waals surface area contributed by atoms with E-state index in [9.17, 15) is 14.9 Å². The van der Waals surface area contributed by atoms with Crippen molar-refractivity contribution in [1.82, 2.24) is 10.3 Å². The first-order valence-corrected chi connectivity index (χ1v) is 8.01. The summed E-state index contributed by atoms with van der Waals surface area (Å²) in [6.07, 6.45) is 2.59. The standard InChI is InChI=1S/C17H19N5O3/c1-12-10-13(5-6-15(12)22(24)25)19-17(23)20-14-7-9-21(11-14)16-4-2-3-8-18-16/h2-6,8,10,14H,7,9,11H2,1H3,(H2,19,20,23)/t14-/m0/s1. The number of carbonyl (C=O) groups excluding carboxylic acids is 1. The molecule has 0 radical (unpaired) electrons. The maximum Gasteiger partial charge on any atom is 0.319 e. The Hall–Kier alpha value is -3.16. The van der Waals surface area contributed by atoms with Crippen molar-refractivity contribution in [2.24, 2.45) is 0 Å². The fraction of sp³-hybridized carbons (Fsp3) is 0.294. The number of carbonyl (C=O) groups is 1. The molecule has 1 atom stereocenters. The molecule has 1 aromatic heterocycles. The first kappa shape index (κ1) is 16.7. The minimum absolute atomic E-state index is 0.0288. The second-order valence-corrected chi connectivity index (χ2v) is 5.98. The Labute approximate surface area is 145 Å². The topological polar surface area (TPSA) is 100 Å². The van der Waals surface area contributed by atoms with Crippen molar-refractivity contribution in [3.8, 4) is 0 Å². The SMILES string of the molecule is Cc1cc(NC(=O)N[C@H]2CCN(c3ccccn3)C2)ccc1[N+](=O)[O-]. The van der Waals surface area contributed by atoms with Crippen molar-refractivity contribution >= 4 is 23.2 Å². The third kappa shape index (κ3) is 4.03. The highest BCUT2D eigenvalue weighted by Crippen LogP contribution is 2.22. The van der Waals surface area contributed by atoms with Crippen molar-refractivity contribution in [2.45, 2.75) is 19.4 Å². The molecule has 25 heavy (non-hydrogen) atoms. The summed E-state index contributed by atoms with van der Waals surface area (Å²) in [6.45, 7) is 3.17. The lowest BCUT2D eigenvalue weighted by molar-refractivity contribution is -0.385. The van der Waals surface area contributed by atoms with Crippen LogP contribution in [0.3, 0.4) is 0 Å². The maximum absolute atomic E-state index is 12.2. The van der Waals surface area contributed by atoms with Gasteiger partial charge in [0.15, 0.2) is 0 Å². The number of pyridine rings is 1. The Bertz CT molecular complexity index is 781. The molecule has 1 aliphatic heterocycles. The molecular formula is C17H19N5O3. The van der Waals surface area contributed by atoms with Crippen LogP contribution in [-0.2, 0) is 0 Å². The van der Waals surface area contributed by atoms with Crippen LogP contribution in [0.15, 0.2) is 42.6 Å². The number of anilines is 2. The van der Waals surface area contributed by atoms with Crippen LogP contribution in [0, 0.1) is 17.0 Å². The van der Waals surface area contributed by atoms with E-state index in [0.717, 1.165) is 18.8 Å². The minimum Gasteiger partial charge on any atom is -0.354 e. The van der Waals surface area contributed by atoms with Crippen molar-refractivity contribution in [1.29, 1.82) is 0 Å². The van der Waals surface area contributed by atoms with E-state index in [2.05, 4.69) is 20.5 Å². The number of rotatable bonds is 4. The summed E-state index contributed by atoms with van der Waals surface area (Å²) in [5, 5.41) is 16.5. The van der Waals surface area contributed by atoms with Crippen molar-refractivity contribution in [3.05, 3.63) is 58.3 Å². The number of aryl methyl sites for hydroxylation is 1. The number of nitro groups is 1. The van der Waals surface area contributed by atoms with Gasteiger partial charge in [0, 0.05) is 42.6 Å². The molecule has 8 nitrogen and oxygen atoms in total. The monoisotopic (exact) mass is 341 g/mol. The summed E-state index contributed by atoms with van der Waals surface area (Å²) in [4.78, 5) is 29.0. The highest BCUT2D eigenvalue weighted by molar-refractivity contribution is 5.89. The van der Waals surface area contributed by atoms with Gasteiger partial charge in [-0.25, -0.2) is 9.78 Å². The Morgan fingerprint density at radius 1 is 1.36 bits per heavy atom. The van der Waals surface area contributed by atoms with E-state index in [1.165, 1.54) is 12.1 Å². The summed E-state index contributed by atoms with van der Waals surface area (Å²) in [7, 11) is 0. The molecule has 130 valence electrons. The molecule has 1 aromatic carbocycles. The van der Waals surface area contributed by atoms with E-state index >= 15 is 0 Å². The Balaban J connectivity index is 1.55. The Morgan fingerprint density at radius 3 is 2.88 bits per heavy atom. The van der Waals surface area contributed by atoms with Gasteiger partial charge in [-0.2, -0.15) is 0 Å². The van der Waals surface area contributed by atoms with Gasteiger partial charge in [0.1, 0.15) is 5.82 Å². The smallest absolute Gasteiger partial charge is 0.319 e. The van der Waals surface area contributed by atoms with Crippen LogP contribution in [0.4, 0.5) is 22.0 Å². The lowest BCUT2D eigenvalue weighted by atomic mass is 10.2. The molecular weight excluding hydrogens is 322 g/mol. The predicted octanol–water partition coefficient (Wildman–Crippen LogP) is 2.70. The van der Waals surface area contributed by atoms with E-state index < -0.39 is 4.92 Å². The molecule has 2 heterocycles. The van der Waals surface area contributed by atoms with Crippen molar-refractivity contribution < 1.29 is 9.72 Å². The van der Waals surface area contributed by atoms with Crippen LogP contribution >= 0.6 is 0 Å². The summed E-state index contributed by atoms with van der Waals surface area (Å²) < 4.78 is 0. The van der Waals surface area contributed by atoms with Gasteiger partial charge in [0.2, 0.25) is 0 Å². The van der Waals surface area contributed by atoms with E-state index in [0.29, 0.717) is 17.8 Å². The van der Waals surface area contributed by atoms with E-state index in [4.69, 9.17) is 0 Å². The predicted molar refractivity (Wildman–Crippen MR) is 94.8 cm³/mol. The summed E-state index contributed by atoms with van der Waals surface area (Å²) in [5.74, 6) is 0.901. The Morgan fingerprint density at radius 2 is 2.20 bits per heavy atom. The lowest BCUT2D eigenvalue weighted by Crippen LogP contribution is -2.39. The van der Waals surface area contributed by atoms with Gasteiger partial charge in [-0.1, -0.05) is 6.07 Å². The minimum atomic E-state index is -0.441. The van der Waals surface area contributed by atoms with E-state index in [1.54, 1.807) is 19.2 Å². The molecule has 0 unspecified atom stereocenters. The number of nitrogens with zero attached hydrogens (tertiary/aromatic N) is 3. The first-order chi connectivity index (χ1) is 12.0. The number of hydrogen-bond acceptors (Lipinski definition) is 5.